The maximum atomic E-state index is 12.6. The first-order valence-corrected chi connectivity index (χ1v) is 5.70. The molecule has 0 aliphatic carbocycles. The Hall–Kier alpha value is -0.780. The van der Waals surface area contributed by atoms with Crippen molar-refractivity contribution in [3.8, 4) is 0 Å². The maximum Gasteiger partial charge on any atom is 0.416 e. The average Bonchev–Trinajstić information content (AvgIpc) is 2.29. The molecular formula is C11H12ClF3N2. The number of hydrogen-bond donors (Lipinski definition) is 2. The Labute approximate surface area is 102 Å². The molecule has 1 aliphatic rings. The van der Waals surface area contributed by atoms with Crippen LogP contribution < -0.4 is 10.6 Å². The molecule has 0 bridgehead atoms. The molecule has 1 aromatic carbocycles. The summed E-state index contributed by atoms with van der Waals surface area (Å²) >= 11 is 5.93. The van der Waals surface area contributed by atoms with Crippen LogP contribution in [-0.4, -0.2) is 13.1 Å². The lowest BCUT2D eigenvalue weighted by molar-refractivity contribution is -0.137. The molecule has 0 saturated carbocycles. The number of halogens is 4. The second-order valence-electron chi connectivity index (χ2n) is 3.93. The predicted octanol–water partition coefficient (Wildman–Crippen LogP) is 2.94. The van der Waals surface area contributed by atoms with Gasteiger partial charge in [-0.1, -0.05) is 11.6 Å². The van der Waals surface area contributed by atoms with Crippen LogP contribution in [0.25, 0.3) is 0 Å². The summed E-state index contributed by atoms with van der Waals surface area (Å²) in [5.41, 5.74) is -0.229. The minimum absolute atomic E-state index is 0.307. The van der Waals surface area contributed by atoms with Crippen molar-refractivity contribution in [2.75, 3.05) is 13.1 Å². The van der Waals surface area contributed by atoms with E-state index in [1.165, 1.54) is 6.07 Å². The minimum atomic E-state index is -4.34. The van der Waals surface area contributed by atoms with Crippen molar-refractivity contribution in [2.24, 2.45) is 0 Å². The molecular weight excluding hydrogens is 253 g/mol. The molecule has 0 spiro atoms. The van der Waals surface area contributed by atoms with Crippen molar-refractivity contribution in [1.29, 1.82) is 0 Å². The fourth-order valence-corrected chi connectivity index (χ4v) is 2.04. The third-order valence-corrected chi connectivity index (χ3v) is 3.03. The Bertz CT molecular complexity index is 400. The number of benzene rings is 1. The van der Waals surface area contributed by atoms with Crippen molar-refractivity contribution in [3.63, 3.8) is 0 Å². The molecule has 0 aromatic heterocycles. The lowest BCUT2D eigenvalue weighted by Crippen LogP contribution is -2.41. The molecule has 17 heavy (non-hydrogen) atoms. The van der Waals surface area contributed by atoms with E-state index in [1.807, 2.05) is 0 Å². The summed E-state index contributed by atoms with van der Waals surface area (Å²) in [6, 6.07) is 3.38. The first-order valence-electron chi connectivity index (χ1n) is 5.32. The Kier molecular flexibility index (Phi) is 3.61. The number of alkyl halides is 3. The highest BCUT2D eigenvalue weighted by molar-refractivity contribution is 6.31. The van der Waals surface area contributed by atoms with Crippen molar-refractivity contribution < 1.29 is 13.2 Å². The fourth-order valence-electron chi connectivity index (χ4n) is 1.81. The Morgan fingerprint density at radius 1 is 1.18 bits per heavy atom. The summed E-state index contributed by atoms with van der Waals surface area (Å²) in [7, 11) is 0. The second kappa shape index (κ2) is 4.84. The van der Waals surface area contributed by atoms with Gasteiger partial charge in [-0.15, -0.1) is 0 Å². The third-order valence-electron chi connectivity index (χ3n) is 2.68. The molecule has 1 aromatic rings. The quantitative estimate of drug-likeness (QED) is 0.815. The van der Waals surface area contributed by atoms with Gasteiger partial charge in [-0.3, -0.25) is 10.6 Å². The molecule has 0 amide bonds. The zero-order valence-electron chi connectivity index (χ0n) is 8.94. The van der Waals surface area contributed by atoms with Gasteiger partial charge in [0.1, 0.15) is 0 Å². The molecule has 0 unspecified atom stereocenters. The SMILES string of the molecule is FC(F)(F)c1ccc(Cl)c(C2NCCCN2)c1. The molecule has 1 heterocycles. The zero-order chi connectivity index (χ0) is 12.5. The topological polar surface area (TPSA) is 24.1 Å². The van der Waals surface area contributed by atoms with Crippen molar-refractivity contribution in [3.05, 3.63) is 34.3 Å². The van der Waals surface area contributed by atoms with E-state index in [4.69, 9.17) is 11.6 Å². The second-order valence-corrected chi connectivity index (χ2v) is 4.34. The van der Waals surface area contributed by atoms with Crippen LogP contribution in [-0.2, 0) is 6.18 Å². The summed E-state index contributed by atoms with van der Waals surface area (Å²) in [6.07, 6.45) is -3.69. The van der Waals surface area contributed by atoms with Gasteiger partial charge in [-0.05, 0) is 37.7 Å². The highest BCUT2D eigenvalue weighted by Crippen LogP contribution is 2.33. The van der Waals surface area contributed by atoms with Gasteiger partial charge in [0, 0.05) is 10.6 Å². The maximum absolute atomic E-state index is 12.6. The van der Waals surface area contributed by atoms with Gasteiger partial charge >= 0.3 is 6.18 Å². The van der Waals surface area contributed by atoms with Gasteiger partial charge in [0.05, 0.1) is 11.7 Å². The van der Waals surface area contributed by atoms with Gasteiger partial charge in [0.25, 0.3) is 0 Å². The highest BCUT2D eigenvalue weighted by Gasteiger charge is 2.31. The first kappa shape index (κ1) is 12.7. The minimum Gasteiger partial charge on any atom is -0.298 e. The standard InChI is InChI=1S/C11H12ClF3N2/c12-9-3-2-7(11(13,14)15)6-8(9)10-16-4-1-5-17-10/h2-3,6,10,16-17H,1,4-5H2. The molecule has 2 rings (SSSR count). The summed E-state index contributed by atoms with van der Waals surface area (Å²) in [5.74, 6) is 0. The largest absolute Gasteiger partial charge is 0.416 e. The first-order chi connectivity index (χ1) is 7.98. The molecule has 2 nitrogen and oxygen atoms in total. The number of nitrogens with one attached hydrogen (secondary N) is 2. The van der Waals surface area contributed by atoms with Crippen LogP contribution in [0.1, 0.15) is 23.7 Å². The highest BCUT2D eigenvalue weighted by atomic mass is 35.5. The summed E-state index contributed by atoms with van der Waals surface area (Å²) in [6.45, 7) is 1.54. The molecule has 6 heteroatoms. The normalized spacial score (nSPS) is 18.4. The molecule has 94 valence electrons. The van der Waals surface area contributed by atoms with E-state index in [0.29, 0.717) is 10.6 Å². The van der Waals surface area contributed by atoms with Crippen molar-refractivity contribution in [1.82, 2.24) is 10.6 Å². The van der Waals surface area contributed by atoms with E-state index in [2.05, 4.69) is 10.6 Å². The van der Waals surface area contributed by atoms with Crippen molar-refractivity contribution in [2.45, 2.75) is 18.8 Å². The number of hydrogen-bond acceptors (Lipinski definition) is 2. The molecule has 0 atom stereocenters. The van der Waals surface area contributed by atoms with Crippen LogP contribution in [0.2, 0.25) is 5.02 Å². The van der Waals surface area contributed by atoms with Crippen LogP contribution in [0, 0.1) is 0 Å². The number of rotatable bonds is 1. The predicted molar refractivity (Wildman–Crippen MR) is 59.8 cm³/mol. The van der Waals surface area contributed by atoms with E-state index in [-0.39, 0.29) is 6.17 Å². The molecule has 1 saturated heterocycles. The molecule has 1 aliphatic heterocycles. The van der Waals surface area contributed by atoms with E-state index in [0.717, 1.165) is 31.6 Å². The summed E-state index contributed by atoms with van der Waals surface area (Å²) in [4.78, 5) is 0. The van der Waals surface area contributed by atoms with E-state index < -0.39 is 11.7 Å². The smallest absolute Gasteiger partial charge is 0.298 e. The molecule has 0 radical (unpaired) electrons. The van der Waals surface area contributed by atoms with Gasteiger partial charge in [0.2, 0.25) is 0 Å². The molecule has 1 fully saturated rings. The monoisotopic (exact) mass is 264 g/mol. The van der Waals surface area contributed by atoms with Crippen LogP contribution >= 0.6 is 11.6 Å². The lowest BCUT2D eigenvalue weighted by atomic mass is 10.1. The summed E-state index contributed by atoms with van der Waals surface area (Å²) in [5, 5.41) is 6.52. The van der Waals surface area contributed by atoms with Crippen LogP contribution in [0.5, 0.6) is 0 Å². The van der Waals surface area contributed by atoms with E-state index >= 15 is 0 Å². The van der Waals surface area contributed by atoms with E-state index in [1.54, 1.807) is 0 Å². The van der Waals surface area contributed by atoms with Gasteiger partial charge in [0.15, 0.2) is 0 Å². The Morgan fingerprint density at radius 2 is 1.82 bits per heavy atom. The van der Waals surface area contributed by atoms with Crippen LogP contribution in [0.4, 0.5) is 13.2 Å². The van der Waals surface area contributed by atoms with Crippen LogP contribution in [0.3, 0.4) is 0 Å². The Balaban J connectivity index is 2.31. The van der Waals surface area contributed by atoms with Gasteiger partial charge in [-0.25, -0.2) is 0 Å². The average molecular weight is 265 g/mol. The summed E-state index contributed by atoms with van der Waals surface area (Å²) < 4.78 is 37.7. The lowest BCUT2D eigenvalue weighted by Gasteiger charge is -2.26. The third kappa shape index (κ3) is 2.91. The van der Waals surface area contributed by atoms with Crippen LogP contribution in [0.15, 0.2) is 18.2 Å². The van der Waals surface area contributed by atoms with Gasteiger partial charge < -0.3 is 0 Å². The van der Waals surface area contributed by atoms with E-state index in [9.17, 15) is 13.2 Å². The van der Waals surface area contributed by atoms with Gasteiger partial charge in [-0.2, -0.15) is 13.2 Å². The fraction of sp³-hybridized carbons (Fsp3) is 0.455. The zero-order valence-corrected chi connectivity index (χ0v) is 9.70. The Morgan fingerprint density at radius 3 is 2.41 bits per heavy atom. The van der Waals surface area contributed by atoms with Crippen molar-refractivity contribution >= 4 is 11.6 Å². The molecule has 2 N–H and O–H groups in total.